The van der Waals surface area contributed by atoms with Gasteiger partial charge in [-0.2, -0.15) is 11.8 Å². The van der Waals surface area contributed by atoms with E-state index in [2.05, 4.69) is 65.4 Å². The molecule has 0 radical (unpaired) electrons. The van der Waals surface area contributed by atoms with Crippen molar-refractivity contribution in [2.75, 3.05) is 25.2 Å². The normalized spacial score (nSPS) is 11.1. The minimum absolute atomic E-state index is 0.133. The fourth-order valence-corrected chi connectivity index (χ4v) is 4.94. The first-order valence-corrected chi connectivity index (χ1v) is 12.3. The molecule has 170 valence electrons. The van der Waals surface area contributed by atoms with Crippen LogP contribution in [0.4, 0.5) is 0 Å². The maximum absolute atomic E-state index is 11.4. The molecule has 4 rings (SSSR count). The lowest BCUT2D eigenvalue weighted by Crippen LogP contribution is -2.12. The number of furan rings is 1. The van der Waals surface area contributed by atoms with Crippen LogP contribution >= 0.6 is 11.8 Å². The highest BCUT2D eigenvalue weighted by atomic mass is 32.2. The number of rotatable bonds is 11. The first-order valence-electron chi connectivity index (χ1n) is 11.1. The minimum Gasteiger partial charge on any atom is -0.478 e. The molecule has 0 amide bonds. The van der Waals surface area contributed by atoms with Gasteiger partial charge in [0.1, 0.15) is 0 Å². The summed E-state index contributed by atoms with van der Waals surface area (Å²) in [5.41, 5.74) is 4.56. The SMILES string of the molecule is COC(=O)COc1cccc2c(CCSCCC(c3ccccc3)c3ccccc3)coc12. The van der Waals surface area contributed by atoms with Crippen LogP contribution in [0, 0.1) is 0 Å². The lowest BCUT2D eigenvalue weighted by Gasteiger charge is -2.18. The lowest BCUT2D eigenvalue weighted by molar-refractivity contribution is -0.142. The predicted molar refractivity (Wildman–Crippen MR) is 134 cm³/mol. The highest BCUT2D eigenvalue weighted by Gasteiger charge is 2.15. The molecule has 5 heteroatoms. The molecule has 0 fully saturated rings. The summed E-state index contributed by atoms with van der Waals surface area (Å²) in [7, 11) is 1.34. The molecule has 0 atom stereocenters. The number of carbonyl (C=O) groups is 1. The summed E-state index contributed by atoms with van der Waals surface area (Å²) in [5, 5.41) is 1.03. The molecule has 4 nitrogen and oxygen atoms in total. The summed E-state index contributed by atoms with van der Waals surface area (Å²) < 4.78 is 16.0. The fourth-order valence-electron chi connectivity index (χ4n) is 3.97. The van der Waals surface area contributed by atoms with Crippen molar-refractivity contribution in [1.29, 1.82) is 0 Å². The van der Waals surface area contributed by atoms with Gasteiger partial charge in [0.2, 0.25) is 0 Å². The highest BCUT2D eigenvalue weighted by molar-refractivity contribution is 7.99. The second-order valence-electron chi connectivity index (χ2n) is 7.78. The standard InChI is InChI=1S/C28H28O4S/c1-30-27(29)20-31-26-14-8-13-25-23(19-32-28(25)26)15-17-33-18-16-24(21-9-4-2-5-10-21)22-11-6-3-7-12-22/h2-14,19,24H,15-18,20H2,1H3. The molecule has 3 aromatic carbocycles. The van der Waals surface area contributed by atoms with Gasteiger partial charge >= 0.3 is 5.97 Å². The van der Waals surface area contributed by atoms with Crippen molar-refractivity contribution in [3.8, 4) is 5.75 Å². The monoisotopic (exact) mass is 460 g/mol. The topological polar surface area (TPSA) is 48.7 Å². The minimum atomic E-state index is -0.417. The molecule has 0 spiro atoms. The van der Waals surface area contributed by atoms with E-state index in [4.69, 9.17) is 9.15 Å². The van der Waals surface area contributed by atoms with E-state index in [9.17, 15) is 4.79 Å². The van der Waals surface area contributed by atoms with Gasteiger partial charge in [-0.1, -0.05) is 72.8 Å². The molecule has 0 unspecified atom stereocenters. The van der Waals surface area contributed by atoms with E-state index in [1.165, 1.54) is 18.2 Å². The molecule has 0 aliphatic heterocycles. The molecule has 4 aromatic rings. The molecule has 0 N–H and O–H groups in total. The van der Waals surface area contributed by atoms with E-state index in [0.717, 1.165) is 35.3 Å². The number of thioether (sulfide) groups is 1. The maximum Gasteiger partial charge on any atom is 0.343 e. The van der Waals surface area contributed by atoms with Gasteiger partial charge in [-0.05, 0) is 47.1 Å². The second kappa shape index (κ2) is 11.6. The number of methoxy groups -OCH3 is 1. The van der Waals surface area contributed by atoms with Crippen LogP contribution in [0.15, 0.2) is 89.5 Å². The molecule has 0 saturated carbocycles. The van der Waals surface area contributed by atoms with Gasteiger partial charge in [0.25, 0.3) is 0 Å². The Hall–Kier alpha value is -3.18. The van der Waals surface area contributed by atoms with Crippen molar-refractivity contribution in [1.82, 2.24) is 0 Å². The Kier molecular flexibility index (Phi) is 8.09. The molecule has 1 aromatic heterocycles. The van der Waals surface area contributed by atoms with E-state index < -0.39 is 5.97 Å². The van der Waals surface area contributed by atoms with Crippen molar-refractivity contribution in [3.05, 3.63) is 102 Å². The van der Waals surface area contributed by atoms with E-state index in [1.807, 2.05) is 23.9 Å². The van der Waals surface area contributed by atoms with Crippen LogP contribution < -0.4 is 4.74 Å². The molecule has 33 heavy (non-hydrogen) atoms. The summed E-state index contributed by atoms with van der Waals surface area (Å²) in [6.07, 6.45) is 3.81. The number of para-hydroxylation sites is 1. The largest absolute Gasteiger partial charge is 0.478 e. The number of esters is 1. The molecule has 0 aliphatic rings. The number of ether oxygens (including phenoxy) is 2. The van der Waals surface area contributed by atoms with Crippen LogP contribution in [0.2, 0.25) is 0 Å². The van der Waals surface area contributed by atoms with Crippen LogP contribution in [0.25, 0.3) is 11.0 Å². The zero-order chi connectivity index (χ0) is 22.9. The Balaban J connectivity index is 1.33. The third-order valence-electron chi connectivity index (χ3n) is 5.69. The Morgan fingerprint density at radius 2 is 1.61 bits per heavy atom. The quantitative estimate of drug-likeness (QED) is 0.189. The highest BCUT2D eigenvalue weighted by Crippen LogP contribution is 2.32. The van der Waals surface area contributed by atoms with Gasteiger partial charge in [0.15, 0.2) is 17.9 Å². The average molecular weight is 461 g/mol. The number of hydrogen-bond donors (Lipinski definition) is 0. The number of aryl methyl sites for hydroxylation is 1. The van der Waals surface area contributed by atoms with Gasteiger partial charge in [0, 0.05) is 11.3 Å². The smallest absolute Gasteiger partial charge is 0.343 e. The number of benzene rings is 3. The van der Waals surface area contributed by atoms with Crippen molar-refractivity contribution in [2.45, 2.75) is 18.8 Å². The first kappa shape index (κ1) is 23.0. The van der Waals surface area contributed by atoms with Crippen LogP contribution in [-0.2, 0) is 16.0 Å². The number of carbonyl (C=O) groups excluding carboxylic acids is 1. The Labute approximate surface area is 198 Å². The lowest BCUT2D eigenvalue weighted by atomic mass is 9.89. The van der Waals surface area contributed by atoms with Crippen molar-refractivity contribution >= 4 is 28.7 Å². The van der Waals surface area contributed by atoms with Crippen LogP contribution in [0.3, 0.4) is 0 Å². The van der Waals surface area contributed by atoms with E-state index in [1.54, 1.807) is 12.3 Å². The molecule has 0 saturated heterocycles. The Bertz CT molecular complexity index is 1110. The fraction of sp³-hybridized carbons (Fsp3) is 0.250. The van der Waals surface area contributed by atoms with Gasteiger partial charge in [-0.15, -0.1) is 0 Å². The zero-order valence-electron chi connectivity index (χ0n) is 18.7. The summed E-state index contributed by atoms with van der Waals surface area (Å²) in [6.45, 7) is -0.133. The Morgan fingerprint density at radius 1 is 0.909 bits per heavy atom. The summed E-state index contributed by atoms with van der Waals surface area (Å²) >= 11 is 1.96. The Morgan fingerprint density at radius 3 is 2.27 bits per heavy atom. The molecular weight excluding hydrogens is 432 g/mol. The molecule has 0 aliphatic carbocycles. The first-order chi connectivity index (χ1) is 16.3. The van der Waals surface area contributed by atoms with Crippen LogP contribution in [0.1, 0.15) is 29.0 Å². The number of fused-ring (bicyclic) bond motifs is 1. The van der Waals surface area contributed by atoms with Gasteiger partial charge in [0.05, 0.1) is 13.4 Å². The zero-order valence-corrected chi connectivity index (χ0v) is 19.6. The predicted octanol–water partition coefficient (Wildman–Crippen LogP) is 6.48. The third kappa shape index (κ3) is 5.99. The third-order valence-corrected chi connectivity index (χ3v) is 6.70. The second-order valence-corrected chi connectivity index (χ2v) is 9.01. The van der Waals surface area contributed by atoms with E-state index in [0.29, 0.717) is 17.3 Å². The van der Waals surface area contributed by atoms with Gasteiger partial charge < -0.3 is 13.9 Å². The molecular formula is C28H28O4S. The summed E-state index contributed by atoms with van der Waals surface area (Å²) in [5.74, 6) is 2.64. The van der Waals surface area contributed by atoms with Crippen LogP contribution in [-0.4, -0.2) is 31.2 Å². The van der Waals surface area contributed by atoms with Crippen LogP contribution in [0.5, 0.6) is 5.75 Å². The summed E-state index contributed by atoms with van der Waals surface area (Å²) in [4.78, 5) is 11.4. The maximum atomic E-state index is 11.4. The molecule has 1 heterocycles. The van der Waals surface area contributed by atoms with Crippen molar-refractivity contribution < 1.29 is 18.7 Å². The van der Waals surface area contributed by atoms with E-state index >= 15 is 0 Å². The summed E-state index contributed by atoms with van der Waals surface area (Å²) in [6, 6.07) is 27.3. The molecule has 0 bridgehead atoms. The van der Waals surface area contributed by atoms with E-state index in [-0.39, 0.29) is 6.61 Å². The van der Waals surface area contributed by atoms with Crippen molar-refractivity contribution in [2.24, 2.45) is 0 Å². The number of hydrogen-bond acceptors (Lipinski definition) is 5. The van der Waals surface area contributed by atoms with Gasteiger partial charge in [-0.25, -0.2) is 4.79 Å². The van der Waals surface area contributed by atoms with Crippen molar-refractivity contribution in [3.63, 3.8) is 0 Å². The average Bonchev–Trinajstić information content (AvgIpc) is 3.29. The van der Waals surface area contributed by atoms with Gasteiger partial charge in [-0.3, -0.25) is 0 Å².